The third-order valence-electron chi connectivity index (χ3n) is 3.04. The monoisotopic (exact) mass is 225 g/mol. The van der Waals surface area contributed by atoms with Crippen molar-refractivity contribution in [3.05, 3.63) is 18.2 Å². The number of hydrogen-bond donors (Lipinski definition) is 2. The third-order valence-corrected chi connectivity index (χ3v) is 6.08. The van der Waals surface area contributed by atoms with Crippen LogP contribution >= 0.6 is 0 Å². The summed E-state index contributed by atoms with van der Waals surface area (Å²) < 4.78 is 0. The maximum absolute atomic E-state index is 9.83. The quantitative estimate of drug-likeness (QED) is 0.570. The van der Waals surface area contributed by atoms with E-state index in [9.17, 15) is 10.2 Å². The zero-order valence-corrected chi connectivity index (χ0v) is 9.92. The third kappa shape index (κ3) is 1.93. The van der Waals surface area contributed by atoms with Gasteiger partial charge in [-0.2, -0.15) is 0 Å². The van der Waals surface area contributed by atoms with E-state index in [4.69, 9.17) is 0 Å². The second kappa shape index (κ2) is 3.97. The second-order valence-electron chi connectivity index (χ2n) is 4.22. The van der Waals surface area contributed by atoms with E-state index in [2.05, 4.69) is 13.8 Å². The van der Waals surface area contributed by atoms with Gasteiger partial charge < -0.3 is 10.2 Å². The SMILES string of the molecule is C[C@H]1CC[C@H](C)[S+]1c1cc(O)ccc1O. The van der Waals surface area contributed by atoms with Crippen molar-refractivity contribution in [2.45, 2.75) is 42.1 Å². The fraction of sp³-hybridized carbons (Fsp3) is 0.500. The lowest BCUT2D eigenvalue weighted by atomic mass is 10.2. The summed E-state index contributed by atoms with van der Waals surface area (Å²) in [6, 6.07) is 4.85. The standard InChI is InChI=1S/C12H16O2S/c1-8-3-4-9(2)15(8)12-7-10(13)5-6-11(12)14/h5-9H,3-4H2,1-2H3,(H-,13,14)/p+1/t8-,9-/m0/s1. The van der Waals surface area contributed by atoms with Crippen LogP contribution in [0.5, 0.6) is 11.5 Å². The minimum absolute atomic E-state index is 0.0880. The van der Waals surface area contributed by atoms with Crippen LogP contribution in [0, 0.1) is 0 Å². The average molecular weight is 225 g/mol. The fourth-order valence-electron chi connectivity index (χ4n) is 2.25. The molecule has 2 rings (SSSR count). The first kappa shape index (κ1) is 10.7. The molecule has 1 fully saturated rings. The van der Waals surface area contributed by atoms with Crippen LogP contribution in [0.3, 0.4) is 0 Å². The average Bonchev–Trinajstić information content (AvgIpc) is 2.51. The lowest BCUT2D eigenvalue weighted by Crippen LogP contribution is -2.19. The maximum atomic E-state index is 9.83. The molecule has 0 unspecified atom stereocenters. The van der Waals surface area contributed by atoms with Crippen molar-refractivity contribution < 1.29 is 10.2 Å². The first-order chi connectivity index (χ1) is 7.09. The van der Waals surface area contributed by atoms with Gasteiger partial charge in [0.1, 0.15) is 16.2 Å². The fourth-order valence-corrected chi connectivity index (χ4v) is 5.25. The molecule has 1 aromatic rings. The van der Waals surface area contributed by atoms with Gasteiger partial charge in [0.25, 0.3) is 0 Å². The zero-order chi connectivity index (χ0) is 11.0. The van der Waals surface area contributed by atoms with E-state index in [0.717, 1.165) is 4.90 Å². The highest BCUT2D eigenvalue weighted by atomic mass is 32.2. The highest BCUT2D eigenvalue weighted by Gasteiger charge is 2.43. The molecule has 0 radical (unpaired) electrons. The Hall–Kier alpha value is -0.830. The van der Waals surface area contributed by atoms with Gasteiger partial charge in [-0.15, -0.1) is 0 Å². The number of phenolic OH excluding ortho intramolecular Hbond substituents is 2. The number of phenols is 2. The lowest BCUT2D eigenvalue weighted by molar-refractivity contribution is 0.448. The van der Waals surface area contributed by atoms with Crippen molar-refractivity contribution in [3.8, 4) is 11.5 Å². The van der Waals surface area contributed by atoms with Crippen molar-refractivity contribution in [3.63, 3.8) is 0 Å². The van der Waals surface area contributed by atoms with Gasteiger partial charge in [0.2, 0.25) is 4.90 Å². The smallest absolute Gasteiger partial charge is 0.200 e. The minimum Gasteiger partial charge on any atom is -0.508 e. The van der Waals surface area contributed by atoms with Crippen LogP contribution in [0.15, 0.2) is 23.1 Å². The molecule has 0 aliphatic carbocycles. The molecule has 1 saturated heterocycles. The number of rotatable bonds is 1. The van der Waals surface area contributed by atoms with Crippen molar-refractivity contribution >= 4 is 10.9 Å². The Morgan fingerprint density at radius 3 is 2.33 bits per heavy atom. The molecule has 0 aromatic heterocycles. The van der Waals surface area contributed by atoms with Crippen molar-refractivity contribution in [1.29, 1.82) is 0 Å². The van der Waals surface area contributed by atoms with Crippen molar-refractivity contribution in [1.82, 2.24) is 0 Å². The predicted octanol–water partition coefficient (Wildman–Crippen LogP) is 2.65. The summed E-state index contributed by atoms with van der Waals surface area (Å²) in [4.78, 5) is 0.938. The van der Waals surface area contributed by atoms with Gasteiger partial charge in [-0.25, -0.2) is 0 Å². The van der Waals surface area contributed by atoms with Crippen LogP contribution in [0.25, 0.3) is 0 Å². The highest BCUT2D eigenvalue weighted by Crippen LogP contribution is 2.40. The summed E-state index contributed by atoms with van der Waals surface area (Å²) in [6.07, 6.45) is 2.44. The predicted molar refractivity (Wildman–Crippen MR) is 63.6 cm³/mol. The maximum Gasteiger partial charge on any atom is 0.200 e. The molecule has 0 amide bonds. The van der Waals surface area contributed by atoms with Gasteiger partial charge in [0.05, 0.1) is 0 Å². The zero-order valence-electron chi connectivity index (χ0n) is 9.10. The summed E-state index contributed by atoms with van der Waals surface area (Å²) in [6.45, 7) is 4.46. The van der Waals surface area contributed by atoms with Crippen LogP contribution in [-0.4, -0.2) is 20.7 Å². The summed E-state index contributed by atoms with van der Waals surface area (Å²) in [7, 11) is 0.0880. The van der Waals surface area contributed by atoms with Gasteiger partial charge in [-0.05, 0) is 38.8 Å². The summed E-state index contributed by atoms with van der Waals surface area (Å²) in [5.41, 5.74) is 0. The molecule has 82 valence electrons. The number of hydrogen-bond acceptors (Lipinski definition) is 2. The Morgan fingerprint density at radius 1 is 1.13 bits per heavy atom. The minimum atomic E-state index is 0.0880. The Kier molecular flexibility index (Phi) is 2.83. The first-order valence-electron chi connectivity index (χ1n) is 5.33. The molecule has 1 aromatic carbocycles. The Bertz CT molecular complexity index is 355. The molecule has 1 aliphatic rings. The van der Waals surface area contributed by atoms with E-state index in [1.54, 1.807) is 12.1 Å². The lowest BCUT2D eigenvalue weighted by Gasteiger charge is -2.11. The van der Waals surface area contributed by atoms with Crippen LogP contribution in [0.1, 0.15) is 26.7 Å². The molecular formula is C12H17O2S+. The van der Waals surface area contributed by atoms with Gasteiger partial charge in [-0.1, -0.05) is 0 Å². The van der Waals surface area contributed by atoms with Gasteiger partial charge in [-0.3, -0.25) is 0 Å². The molecule has 2 nitrogen and oxygen atoms in total. The normalized spacial score (nSPS) is 27.1. The summed E-state index contributed by atoms with van der Waals surface area (Å²) in [5.74, 6) is 0.582. The van der Waals surface area contributed by atoms with Crippen LogP contribution in [0.2, 0.25) is 0 Å². The van der Waals surface area contributed by atoms with Crippen molar-refractivity contribution in [2.75, 3.05) is 0 Å². The van der Waals surface area contributed by atoms with Gasteiger partial charge >= 0.3 is 0 Å². The molecule has 0 spiro atoms. The van der Waals surface area contributed by atoms with Crippen molar-refractivity contribution in [2.24, 2.45) is 0 Å². The van der Waals surface area contributed by atoms with Crippen LogP contribution in [0.4, 0.5) is 0 Å². The molecule has 3 heteroatoms. The largest absolute Gasteiger partial charge is 0.508 e. The van der Waals surface area contributed by atoms with E-state index < -0.39 is 0 Å². The molecular weight excluding hydrogens is 208 g/mol. The van der Waals surface area contributed by atoms with E-state index in [0.29, 0.717) is 16.2 Å². The van der Waals surface area contributed by atoms with Gasteiger partial charge in [0, 0.05) is 17.0 Å². The molecule has 0 saturated carbocycles. The number of aromatic hydroxyl groups is 2. The molecule has 1 aliphatic heterocycles. The van der Waals surface area contributed by atoms with Crippen LogP contribution < -0.4 is 0 Å². The topological polar surface area (TPSA) is 40.5 Å². The highest BCUT2D eigenvalue weighted by molar-refractivity contribution is 7.98. The van der Waals surface area contributed by atoms with Gasteiger partial charge in [0.15, 0.2) is 5.75 Å². The summed E-state index contributed by atoms with van der Waals surface area (Å²) in [5, 5.41) is 20.5. The molecule has 2 N–H and O–H groups in total. The van der Waals surface area contributed by atoms with Crippen LogP contribution in [-0.2, 0) is 10.9 Å². The Morgan fingerprint density at radius 2 is 1.73 bits per heavy atom. The first-order valence-corrected chi connectivity index (χ1v) is 6.68. The van der Waals surface area contributed by atoms with E-state index in [-0.39, 0.29) is 16.6 Å². The Labute approximate surface area is 93.3 Å². The summed E-state index contributed by atoms with van der Waals surface area (Å²) >= 11 is 0. The second-order valence-corrected chi connectivity index (χ2v) is 7.02. The molecule has 15 heavy (non-hydrogen) atoms. The molecule has 0 bridgehead atoms. The Balaban J connectivity index is 2.39. The molecule has 2 atom stereocenters. The number of benzene rings is 1. The van der Waals surface area contributed by atoms with E-state index in [1.165, 1.54) is 18.9 Å². The van der Waals surface area contributed by atoms with E-state index >= 15 is 0 Å². The molecule has 1 heterocycles. The van der Waals surface area contributed by atoms with E-state index in [1.807, 2.05) is 0 Å².